The molecule has 0 atom stereocenters. The van der Waals surface area contributed by atoms with Crippen LogP contribution in [0.3, 0.4) is 0 Å². The summed E-state index contributed by atoms with van der Waals surface area (Å²) < 4.78 is 2.08. The third-order valence-electron chi connectivity index (χ3n) is 3.98. The second-order valence-electron chi connectivity index (χ2n) is 5.37. The molecule has 0 spiro atoms. The van der Waals surface area contributed by atoms with Crippen LogP contribution in [0.4, 0.5) is 0 Å². The molecule has 102 valence electrons. The number of aryl methyl sites for hydroxylation is 2. The van der Waals surface area contributed by atoms with Gasteiger partial charge in [0.2, 0.25) is 0 Å². The van der Waals surface area contributed by atoms with E-state index >= 15 is 0 Å². The second-order valence-corrected chi connectivity index (χ2v) is 5.37. The quantitative estimate of drug-likeness (QED) is 0.739. The maximum Gasteiger partial charge on any atom is 0.0625 e. The minimum absolute atomic E-state index is 0.314. The topological polar surface area (TPSA) is 50.1 Å². The Hall–Kier alpha value is -0.870. The molecular formula is C14H25N3O. The first kappa shape index (κ1) is 13.6. The van der Waals surface area contributed by atoms with Crippen molar-refractivity contribution in [3.05, 3.63) is 17.5 Å². The Morgan fingerprint density at radius 3 is 2.78 bits per heavy atom. The van der Waals surface area contributed by atoms with Gasteiger partial charge in [0.05, 0.1) is 11.4 Å². The molecule has 1 aliphatic carbocycles. The number of nitrogens with zero attached hydrogens (tertiary/aromatic N) is 2. The van der Waals surface area contributed by atoms with Gasteiger partial charge in [0, 0.05) is 26.2 Å². The standard InChI is InChI=1S/C14H25N3O/c1-3-12-9-13(17(4-2)16-12)10-15-11-14(5-6-14)7-8-18/h9,15,18H,3-8,10-11H2,1-2H3. The molecule has 1 aromatic heterocycles. The van der Waals surface area contributed by atoms with Crippen LogP contribution in [0.2, 0.25) is 0 Å². The van der Waals surface area contributed by atoms with Gasteiger partial charge in [0.1, 0.15) is 0 Å². The molecule has 0 bridgehead atoms. The fraction of sp³-hybridized carbons (Fsp3) is 0.786. The highest BCUT2D eigenvalue weighted by Gasteiger charge is 2.41. The number of aliphatic hydroxyl groups is 1. The van der Waals surface area contributed by atoms with Gasteiger partial charge >= 0.3 is 0 Å². The zero-order valence-electron chi connectivity index (χ0n) is 11.6. The molecule has 4 heteroatoms. The Balaban J connectivity index is 1.84. The van der Waals surface area contributed by atoms with Gasteiger partial charge in [-0.15, -0.1) is 0 Å². The lowest BCUT2D eigenvalue weighted by Crippen LogP contribution is -2.25. The van der Waals surface area contributed by atoms with Crippen LogP contribution in [-0.4, -0.2) is 28.0 Å². The van der Waals surface area contributed by atoms with Gasteiger partial charge in [-0.25, -0.2) is 0 Å². The lowest BCUT2D eigenvalue weighted by Gasteiger charge is -2.14. The molecule has 1 fully saturated rings. The van der Waals surface area contributed by atoms with Crippen molar-refractivity contribution in [2.24, 2.45) is 5.41 Å². The number of rotatable bonds is 8. The lowest BCUT2D eigenvalue weighted by molar-refractivity contribution is 0.245. The summed E-state index contributed by atoms with van der Waals surface area (Å²) in [6.07, 6.45) is 4.45. The summed E-state index contributed by atoms with van der Waals surface area (Å²) in [4.78, 5) is 0. The fourth-order valence-corrected chi connectivity index (χ4v) is 2.49. The molecule has 18 heavy (non-hydrogen) atoms. The van der Waals surface area contributed by atoms with Crippen LogP contribution in [0.1, 0.15) is 44.5 Å². The van der Waals surface area contributed by atoms with Gasteiger partial charge in [-0.05, 0) is 44.1 Å². The predicted octanol–water partition coefficient (Wildman–Crippen LogP) is 1.72. The van der Waals surface area contributed by atoms with Crippen molar-refractivity contribution in [2.45, 2.75) is 52.6 Å². The lowest BCUT2D eigenvalue weighted by atomic mass is 10.0. The first-order valence-electron chi connectivity index (χ1n) is 7.10. The van der Waals surface area contributed by atoms with Crippen LogP contribution >= 0.6 is 0 Å². The minimum atomic E-state index is 0.314. The molecule has 2 N–H and O–H groups in total. The molecule has 0 saturated heterocycles. The van der Waals surface area contributed by atoms with Crippen LogP contribution < -0.4 is 5.32 Å². The summed E-state index contributed by atoms with van der Waals surface area (Å²) >= 11 is 0. The average molecular weight is 251 g/mol. The van der Waals surface area contributed by atoms with Crippen molar-refractivity contribution in [3.63, 3.8) is 0 Å². The number of nitrogens with one attached hydrogen (secondary N) is 1. The first-order valence-corrected chi connectivity index (χ1v) is 7.10. The number of aliphatic hydroxyl groups excluding tert-OH is 1. The SMILES string of the molecule is CCc1cc(CNCC2(CCO)CC2)n(CC)n1. The summed E-state index contributed by atoms with van der Waals surface area (Å²) in [5.74, 6) is 0. The number of hydrogen-bond acceptors (Lipinski definition) is 3. The first-order chi connectivity index (χ1) is 8.73. The van der Waals surface area contributed by atoms with Gasteiger partial charge in [0.15, 0.2) is 0 Å². The van der Waals surface area contributed by atoms with Crippen molar-refractivity contribution in [3.8, 4) is 0 Å². The highest BCUT2D eigenvalue weighted by molar-refractivity contribution is 5.10. The Labute approximate surface area is 109 Å². The Morgan fingerprint density at radius 1 is 1.44 bits per heavy atom. The van der Waals surface area contributed by atoms with Crippen LogP contribution in [0.25, 0.3) is 0 Å². The maximum absolute atomic E-state index is 9.03. The third-order valence-corrected chi connectivity index (χ3v) is 3.98. The molecule has 0 aromatic carbocycles. The minimum Gasteiger partial charge on any atom is -0.396 e. The van der Waals surface area contributed by atoms with E-state index in [-0.39, 0.29) is 0 Å². The normalized spacial score (nSPS) is 17.1. The largest absolute Gasteiger partial charge is 0.396 e. The molecule has 1 aromatic rings. The summed E-state index contributed by atoms with van der Waals surface area (Å²) in [6, 6.07) is 2.20. The molecule has 0 aliphatic heterocycles. The van der Waals surface area contributed by atoms with E-state index in [1.165, 1.54) is 24.2 Å². The molecule has 1 aliphatic rings. The summed E-state index contributed by atoms with van der Waals surface area (Å²) in [6.45, 7) is 7.41. The number of aromatic nitrogens is 2. The molecule has 0 radical (unpaired) electrons. The van der Waals surface area contributed by atoms with Crippen molar-refractivity contribution in [1.82, 2.24) is 15.1 Å². The van der Waals surface area contributed by atoms with Crippen molar-refractivity contribution in [2.75, 3.05) is 13.2 Å². The summed E-state index contributed by atoms with van der Waals surface area (Å²) in [5.41, 5.74) is 2.83. The van der Waals surface area contributed by atoms with Gasteiger partial charge < -0.3 is 10.4 Å². The maximum atomic E-state index is 9.03. The van der Waals surface area contributed by atoms with Gasteiger partial charge in [0.25, 0.3) is 0 Å². The van der Waals surface area contributed by atoms with Gasteiger partial charge in [-0.3, -0.25) is 4.68 Å². The molecule has 1 heterocycles. The van der Waals surface area contributed by atoms with Crippen molar-refractivity contribution in [1.29, 1.82) is 0 Å². The smallest absolute Gasteiger partial charge is 0.0625 e. The van der Waals surface area contributed by atoms with Crippen LogP contribution in [-0.2, 0) is 19.5 Å². The molecule has 4 nitrogen and oxygen atoms in total. The molecule has 2 rings (SSSR count). The zero-order valence-corrected chi connectivity index (χ0v) is 11.6. The average Bonchev–Trinajstić information content (AvgIpc) is 3.01. The van der Waals surface area contributed by atoms with E-state index in [0.29, 0.717) is 12.0 Å². The Kier molecular flexibility index (Phi) is 4.40. The molecular weight excluding hydrogens is 226 g/mol. The highest BCUT2D eigenvalue weighted by Crippen LogP contribution is 2.47. The predicted molar refractivity (Wildman–Crippen MR) is 72.4 cm³/mol. The molecule has 0 amide bonds. The van der Waals surface area contributed by atoms with Gasteiger partial charge in [-0.2, -0.15) is 5.10 Å². The highest BCUT2D eigenvalue weighted by atomic mass is 16.3. The Morgan fingerprint density at radius 2 is 2.22 bits per heavy atom. The summed E-state index contributed by atoms with van der Waals surface area (Å²) in [5, 5.41) is 17.1. The molecule has 0 unspecified atom stereocenters. The van der Waals surface area contributed by atoms with Crippen LogP contribution in [0.15, 0.2) is 6.07 Å². The van der Waals surface area contributed by atoms with E-state index in [9.17, 15) is 0 Å². The van der Waals surface area contributed by atoms with Crippen LogP contribution in [0, 0.1) is 5.41 Å². The van der Waals surface area contributed by atoms with E-state index in [1.54, 1.807) is 0 Å². The van der Waals surface area contributed by atoms with E-state index in [4.69, 9.17) is 5.11 Å². The summed E-state index contributed by atoms with van der Waals surface area (Å²) in [7, 11) is 0. The van der Waals surface area contributed by atoms with Gasteiger partial charge in [-0.1, -0.05) is 6.92 Å². The zero-order chi connectivity index (χ0) is 13.0. The monoisotopic (exact) mass is 251 g/mol. The Bertz CT molecular complexity index is 382. The van der Waals surface area contributed by atoms with E-state index < -0.39 is 0 Å². The van der Waals surface area contributed by atoms with E-state index in [1.807, 2.05) is 0 Å². The van der Waals surface area contributed by atoms with E-state index in [2.05, 4.69) is 35.0 Å². The second kappa shape index (κ2) is 5.85. The van der Waals surface area contributed by atoms with Crippen molar-refractivity contribution < 1.29 is 5.11 Å². The van der Waals surface area contributed by atoms with E-state index in [0.717, 1.165) is 32.5 Å². The fourth-order valence-electron chi connectivity index (χ4n) is 2.49. The third kappa shape index (κ3) is 3.12. The number of hydrogen-bond donors (Lipinski definition) is 2. The molecule has 1 saturated carbocycles. The van der Waals surface area contributed by atoms with Crippen LogP contribution in [0.5, 0.6) is 0 Å². The van der Waals surface area contributed by atoms with Crippen molar-refractivity contribution >= 4 is 0 Å².